The first-order valence-electron chi connectivity index (χ1n) is 5.45. The minimum absolute atomic E-state index is 0.177. The number of thioether (sulfide) groups is 1. The number of hydrogen-bond donors (Lipinski definition) is 2. The van der Waals surface area contributed by atoms with Gasteiger partial charge in [-0.3, -0.25) is 4.79 Å². The molecule has 2 rings (SSSR count). The molecule has 1 aromatic rings. The van der Waals surface area contributed by atoms with Crippen LogP contribution in [0.3, 0.4) is 0 Å². The molecule has 0 unspecified atom stereocenters. The second-order valence-electron chi connectivity index (χ2n) is 4.30. The molecule has 17 heavy (non-hydrogen) atoms. The Morgan fingerprint density at radius 1 is 1.59 bits per heavy atom. The number of halogens is 1. The van der Waals surface area contributed by atoms with Crippen LogP contribution in [-0.4, -0.2) is 23.5 Å². The molecule has 0 saturated heterocycles. The Hall–Kier alpha value is -1.23. The molecule has 1 saturated carbocycles. The van der Waals surface area contributed by atoms with E-state index in [9.17, 15) is 9.18 Å². The average molecular weight is 254 g/mol. The van der Waals surface area contributed by atoms with E-state index in [1.54, 1.807) is 11.8 Å². The van der Waals surface area contributed by atoms with Gasteiger partial charge in [-0.2, -0.15) is 11.8 Å². The fraction of sp³-hybridized carbons (Fsp3) is 0.417. The number of nitrogens with one attached hydrogen (secondary N) is 1. The van der Waals surface area contributed by atoms with Crippen LogP contribution < -0.4 is 11.1 Å². The summed E-state index contributed by atoms with van der Waals surface area (Å²) in [5.74, 6) is -0.662. The normalized spacial score (nSPS) is 16.6. The SMILES string of the molecule is CSC1(CNC(=O)c2ccc(F)cc2N)CC1. The van der Waals surface area contributed by atoms with Crippen molar-refractivity contribution in [3.8, 4) is 0 Å². The number of hydrogen-bond acceptors (Lipinski definition) is 3. The van der Waals surface area contributed by atoms with Crippen molar-refractivity contribution in [3.05, 3.63) is 29.6 Å². The zero-order valence-corrected chi connectivity index (χ0v) is 10.4. The lowest BCUT2D eigenvalue weighted by molar-refractivity contribution is 0.0954. The second-order valence-corrected chi connectivity index (χ2v) is 5.58. The number of amides is 1. The van der Waals surface area contributed by atoms with Crippen molar-refractivity contribution in [2.24, 2.45) is 0 Å². The lowest BCUT2D eigenvalue weighted by Gasteiger charge is -2.13. The van der Waals surface area contributed by atoms with Crippen molar-refractivity contribution >= 4 is 23.4 Å². The van der Waals surface area contributed by atoms with E-state index in [0.29, 0.717) is 12.1 Å². The Labute approximate surface area is 104 Å². The summed E-state index contributed by atoms with van der Waals surface area (Å²) in [5.41, 5.74) is 6.12. The molecule has 1 amide bonds. The highest BCUT2D eigenvalue weighted by molar-refractivity contribution is 8.00. The Morgan fingerprint density at radius 2 is 2.29 bits per heavy atom. The number of carbonyl (C=O) groups excluding carboxylic acids is 1. The maximum absolute atomic E-state index is 12.8. The van der Waals surface area contributed by atoms with Gasteiger partial charge in [0.1, 0.15) is 5.82 Å². The van der Waals surface area contributed by atoms with E-state index < -0.39 is 5.82 Å². The van der Waals surface area contributed by atoms with Crippen LogP contribution in [0.1, 0.15) is 23.2 Å². The number of benzene rings is 1. The van der Waals surface area contributed by atoms with Crippen LogP contribution in [-0.2, 0) is 0 Å². The highest BCUT2D eigenvalue weighted by atomic mass is 32.2. The molecule has 3 N–H and O–H groups in total. The van der Waals surface area contributed by atoms with E-state index in [4.69, 9.17) is 5.73 Å². The molecule has 0 radical (unpaired) electrons. The Kier molecular flexibility index (Phi) is 3.28. The van der Waals surface area contributed by atoms with Crippen LogP contribution in [0.2, 0.25) is 0 Å². The molecule has 1 aliphatic rings. The Morgan fingerprint density at radius 3 is 2.82 bits per heavy atom. The van der Waals surface area contributed by atoms with Crippen LogP contribution in [0.4, 0.5) is 10.1 Å². The molecule has 0 heterocycles. The first kappa shape index (κ1) is 12.2. The summed E-state index contributed by atoms with van der Waals surface area (Å²) < 4.78 is 13.0. The lowest BCUT2D eigenvalue weighted by atomic mass is 10.1. The van der Waals surface area contributed by atoms with Crippen molar-refractivity contribution in [3.63, 3.8) is 0 Å². The van der Waals surface area contributed by atoms with Gasteiger partial charge in [0.15, 0.2) is 0 Å². The van der Waals surface area contributed by atoms with Crippen molar-refractivity contribution in [2.75, 3.05) is 18.5 Å². The van der Waals surface area contributed by atoms with E-state index in [1.165, 1.54) is 12.1 Å². The molecule has 3 nitrogen and oxygen atoms in total. The van der Waals surface area contributed by atoms with E-state index >= 15 is 0 Å². The van der Waals surface area contributed by atoms with Gasteiger partial charge < -0.3 is 11.1 Å². The third-order valence-corrected chi connectivity index (χ3v) is 4.49. The van der Waals surface area contributed by atoms with Gasteiger partial charge in [0.05, 0.1) is 5.56 Å². The van der Waals surface area contributed by atoms with Gasteiger partial charge in [0, 0.05) is 17.0 Å². The van der Waals surface area contributed by atoms with Gasteiger partial charge in [-0.15, -0.1) is 0 Å². The molecule has 1 aromatic carbocycles. The standard InChI is InChI=1S/C12H15FN2OS/c1-17-12(4-5-12)7-15-11(16)9-3-2-8(13)6-10(9)14/h2-3,6H,4-5,7,14H2,1H3,(H,15,16). The van der Waals surface area contributed by atoms with Crippen LogP contribution in [0.25, 0.3) is 0 Å². The largest absolute Gasteiger partial charge is 0.398 e. The Bertz CT molecular complexity index is 446. The fourth-order valence-corrected chi connectivity index (χ4v) is 2.40. The zero-order chi connectivity index (χ0) is 12.5. The molecular formula is C12H15FN2OS. The lowest BCUT2D eigenvalue weighted by Crippen LogP contribution is -2.32. The predicted molar refractivity (Wildman–Crippen MR) is 68.6 cm³/mol. The summed E-state index contributed by atoms with van der Waals surface area (Å²) in [4.78, 5) is 11.8. The second kappa shape index (κ2) is 4.56. The molecule has 0 aromatic heterocycles. The third-order valence-electron chi connectivity index (χ3n) is 3.07. The average Bonchev–Trinajstić information content (AvgIpc) is 3.07. The van der Waals surface area contributed by atoms with E-state index in [2.05, 4.69) is 5.32 Å². The van der Waals surface area contributed by atoms with Gasteiger partial charge in [-0.25, -0.2) is 4.39 Å². The van der Waals surface area contributed by atoms with Crippen molar-refractivity contribution in [2.45, 2.75) is 17.6 Å². The topological polar surface area (TPSA) is 55.1 Å². The van der Waals surface area contributed by atoms with Gasteiger partial charge in [-0.05, 0) is 37.3 Å². The highest BCUT2D eigenvalue weighted by Gasteiger charge is 2.41. The van der Waals surface area contributed by atoms with E-state index in [1.807, 2.05) is 6.26 Å². The summed E-state index contributed by atoms with van der Waals surface area (Å²) >= 11 is 1.78. The first-order valence-corrected chi connectivity index (χ1v) is 6.67. The molecular weight excluding hydrogens is 239 g/mol. The van der Waals surface area contributed by atoms with Gasteiger partial charge in [-0.1, -0.05) is 0 Å². The number of nitrogens with two attached hydrogens (primary N) is 1. The minimum Gasteiger partial charge on any atom is -0.398 e. The maximum Gasteiger partial charge on any atom is 0.253 e. The van der Waals surface area contributed by atoms with E-state index in [0.717, 1.165) is 18.9 Å². The minimum atomic E-state index is -0.429. The van der Waals surface area contributed by atoms with Crippen LogP contribution >= 0.6 is 11.8 Å². The number of rotatable bonds is 4. The Balaban J connectivity index is 2.00. The van der Waals surface area contributed by atoms with Gasteiger partial charge in [0.25, 0.3) is 5.91 Å². The summed E-state index contributed by atoms with van der Waals surface area (Å²) in [6.07, 6.45) is 4.31. The monoisotopic (exact) mass is 254 g/mol. The summed E-state index contributed by atoms with van der Waals surface area (Å²) in [6, 6.07) is 3.82. The van der Waals surface area contributed by atoms with Crippen LogP contribution in [0.15, 0.2) is 18.2 Å². The first-order chi connectivity index (χ1) is 8.06. The molecule has 1 fully saturated rings. The van der Waals surface area contributed by atoms with Gasteiger partial charge >= 0.3 is 0 Å². The van der Waals surface area contributed by atoms with Crippen LogP contribution in [0.5, 0.6) is 0 Å². The fourth-order valence-electron chi connectivity index (χ4n) is 1.67. The number of anilines is 1. The summed E-state index contributed by atoms with van der Waals surface area (Å²) in [7, 11) is 0. The zero-order valence-electron chi connectivity index (χ0n) is 9.63. The van der Waals surface area contributed by atoms with Crippen molar-refractivity contribution in [1.29, 1.82) is 0 Å². The molecule has 0 atom stereocenters. The molecule has 0 spiro atoms. The molecule has 1 aliphatic carbocycles. The molecule has 0 bridgehead atoms. The smallest absolute Gasteiger partial charge is 0.253 e. The molecule has 92 valence electrons. The van der Waals surface area contributed by atoms with Gasteiger partial charge in [0.2, 0.25) is 0 Å². The van der Waals surface area contributed by atoms with Crippen LogP contribution in [0, 0.1) is 5.82 Å². The molecule has 0 aliphatic heterocycles. The van der Waals surface area contributed by atoms with Crippen molar-refractivity contribution in [1.82, 2.24) is 5.32 Å². The molecule has 5 heteroatoms. The number of nitrogen functional groups attached to an aromatic ring is 1. The maximum atomic E-state index is 12.8. The third kappa shape index (κ3) is 2.72. The summed E-state index contributed by atoms with van der Waals surface area (Å²) in [5, 5.41) is 2.85. The van der Waals surface area contributed by atoms with Crippen molar-refractivity contribution < 1.29 is 9.18 Å². The highest BCUT2D eigenvalue weighted by Crippen LogP contribution is 2.46. The quantitative estimate of drug-likeness (QED) is 0.808. The number of carbonyl (C=O) groups is 1. The summed E-state index contributed by atoms with van der Waals surface area (Å²) in [6.45, 7) is 0.643. The van der Waals surface area contributed by atoms with E-state index in [-0.39, 0.29) is 16.3 Å². The predicted octanol–water partition coefficient (Wildman–Crippen LogP) is 2.03.